The van der Waals surface area contributed by atoms with Crippen molar-refractivity contribution in [2.45, 2.75) is 19.0 Å². The summed E-state index contributed by atoms with van der Waals surface area (Å²) in [6.45, 7) is 3.79. The van der Waals surface area contributed by atoms with Gasteiger partial charge in [0.15, 0.2) is 5.78 Å². The molecule has 0 atom stereocenters. The summed E-state index contributed by atoms with van der Waals surface area (Å²) in [5, 5.41) is 23.7. The van der Waals surface area contributed by atoms with E-state index in [0.717, 1.165) is 17.5 Å². The maximum atomic E-state index is 12.1. The highest BCUT2D eigenvalue weighted by molar-refractivity contribution is 7.99. The van der Waals surface area contributed by atoms with Gasteiger partial charge in [-0.1, -0.05) is 11.8 Å². The zero-order chi connectivity index (χ0) is 16.6. The van der Waals surface area contributed by atoms with E-state index in [4.69, 9.17) is 0 Å². The van der Waals surface area contributed by atoms with Gasteiger partial charge in [0.25, 0.3) is 5.78 Å². The van der Waals surface area contributed by atoms with Crippen molar-refractivity contribution in [3.8, 4) is 11.5 Å². The van der Waals surface area contributed by atoms with Crippen molar-refractivity contribution in [1.82, 2.24) is 19.6 Å². The van der Waals surface area contributed by atoms with Crippen LogP contribution in [0.25, 0.3) is 5.78 Å². The lowest BCUT2D eigenvalue weighted by molar-refractivity contribution is 0.102. The third-order valence-electron chi connectivity index (χ3n) is 3.21. The van der Waals surface area contributed by atoms with Crippen molar-refractivity contribution in [1.29, 1.82) is 0 Å². The van der Waals surface area contributed by atoms with Gasteiger partial charge in [-0.3, -0.25) is 4.79 Å². The average Bonchev–Trinajstić information content (AvgIpc) is 2.88. The van der Waals surface area contributed by atoms with E-state index < -0.39 is 0 Å². The first-order chi connectivity index (χ1) is 10.9. The minimum atomic E-state index is -0.271. The summed E-state index contributed by atoms with van der Waals surface area (Å²) in [5.74, 6) is -0.0396. The smallest absolute Gasteiger partial charge is 0.253 e. The van der Waals surface area contributed by atoms with Crippen LogP contribution in [-0.2, 0) is 0 Å². The first-order valence-corrected chi connectivity index (χ1v) is 7.81. The Bertz CT molecular complexity index is 907. The van der Waals surface area contributed by atoms with E-state index >= 15 is 0 Å². The highest BCUT2D eigenvalue weighted by atomic mass is 32.2. The molecule has 0 radical (unpaired) electrons. The molecule has 3 aromatic rings. The molecule has 2 heterocycles. The zero-order valence-corrected chi connectivity index (χ0v) is 13.3. The molecule has 0 fully saturated rings. The van der Waals surface area contributed by atoms with Gasteiger partial charge in [-0.2, -0.15) is 4.98 Å². The lowest BCUT2D eigenvalue weighted by Crippen LogP contribution is -2.03. The van der Waals surface area contributed by atoms with E-state index in [2.05, 4.69) is 15.1 Å². The number of rotatable bonds is 4. The molecular weight excluding hydrogens is 316 g/mol. The number of phenols is 2. The number of Topliss-reactive ketones (excluding diaryl/α,β-unsaturated/α-hetero) is 1. The lowest BCUT2D eigenvalue weighted by Gasteiger charge is -2.02. The van der Waals surface area contributed by atoms with Crippen molar-refractivity contribution < 1.29 is 15.0 Å². The van der Waals surface area contributed by atoms with E-state index in [-0.39, 0.29) is 28.6 Å². The summed E-state index contributed by atoms with van der Waals surface area (Å²) in [7, 11) is 0. The molecule has 0 aliphatic heterocycles. The van der Waals surface area contributed by atoms with E-state index in [0.29, 0.717) is 10.9 Å². The molecule has 1 aromatic carbocycles. The zero-order valence-electron chi connectivity index (χ0n) is 12.5. The van der Waals surface area contributed by atoms with E-state index in [1.807, 2.05) is 19.9 Å². The minimum Gasteiger partial charge on any atom is -0.508 e. The summed E-state index contributed by atoms with van der Waals surface area (Å²) in [5.41, 5.74) is 1.92. The van der Waals surface area contributed by atoms with E-state index in [1.165, 1.54) is 23.9 Å². The Morgan fingerprint density at radius 2 is 2.00 bits per heavy atom. The van der Waals surface area contributed by atoms with Crippen LogP contribution in [0.5, 0.6) is 11.5 Å². The summed E-state index contributed by atoms with van der Waals surface area (Å²) in [6, 6.07) is 5.78. The van der Waals surface area contributed by atoms with Crippen molar-refractivity contribution in [2.24, 2.45) is 0 Å². The van der Waals surface area contributed by atoms with E-state index in [1.54, 1.807) is 4.52 Å². The third-order valence-corrected chi connectivity index (χ3v) is 4.05. The third kappa shape index (κ3) is 3.11. The molecule has 118 valence electrons. The second kappa shape index (κ2) is 5.88. The van der Waals surface area contributed by atoms with Crippen LogP contribution in [0.1, 0.15) is 21.7 Å². The Balaban J connectivity index is 1.78. The maximum Gasteiger partial charge on any atom is 0.253 e. The van der Waals surface area contributed by atoms with Gasteiger partial charge in [0.2, 0.25) is 5.16 Å². The molecule has 0 bridgehead atoms. The first-order valence-electron chi connectivity index (χ1n) is 6.83. The highest BCUT2D eigenvalue weighted by Gasteiger charge is 2.14. The van der Waals surface area contributed by atoms with Gasteiger partial charge in [0.05, 0.1) is 11.3 Å². The normalized spacial score (nSPS) is 11.0. The molecule has 2 aromatic heterocycles. The van der Waals surface area contributed by atoms with Gasteiger partial charge in [0.1, 0.15) is 11.5 Å². The van der Waals surface area contributed by atoms with Gasteiger partial charge < -0.3 is 10.2 Å². The molecule has 0 unspecified atom stereocenters. The Hall–Kier alpha value is -2.61. The monoisotopic (exact) mass is 330 g/mol. The number of hydrogen-bond acceptors (Lipinski definition) is 7. The Morgan fingerprint density at radius 3 is 2.74 bits per heavy atom. The fourth-order valence-corrected chi connectivity index (χ4v) is 2.87. The van der Waals surface area contributed by atoms with Gasteiger partial charge in [-0.15, -0.1) is 5.10 Å². The number of aromatic hydroxyl groups is 2. The SMILES string of the molecule is Cc1cc(C)n2nc(SCC(=O)c3ccc(O)cc3O)nc2n1. The average molecular weight is 330 g/mol. The quantitative estimate of drug-likeness (QED) is 0.558. The van der Waals surface area contributed by atoms with Gasteiger partial charge in [0, 0.05) is 17.5 Å². The van der Waals surface area contributed by atoms with Crippen LogP contribution in [0.4, 0.5) is 0 Å². The molecule has 7 nitrogen and oxygen atoms in total. The van der Waals surface area contributed by atoms with Gasteiger partial charge in [-0.05, 0) is 32.0 Å². The molecule has 8 heteroatoms. The molecule has 0 amide bonds. The highest BCUT2D eigenvalue weighted by Crippen LogP contribution is 2.25. The number of aromatic nitrogens is 4. The minimum absolute atomic E-state index is 0.0766. The fraction of sp³-hybridized carbons (Fsp3) is 0.200. The predicted molar refractivity (Wildman–Crippen MR) is 85.1 cm³/mol. The first kappa shape index (κ1) is 15.3. The van der Waals surface area contributed by atoms with Gasteiger partial charge >= 0.3 is 0 Å². The maximum absolute atomic E-state index is 12.1. The molecule has 3 rings (SSSR count). The molecule has 2 N–H and O–H groups in total. The molecular formula is C15H14N4O3S. The van der Waals surface area contributed by atoms with Crippen LogP contribution in [0.15, 0.2) is 29.4 Å². The van der Waals surface area contributed by atoms with Crippen LogP contribution >= 0.6 is 11.8 Å². The molecule has 0 aliphatic rings. The predicted octanol–water partition coefficient (Wildman–Crippen LogP) is 2.13. The Labute approximate surface area is 136 Å². The van der Waals surface area contributed by atoms with Gasteiger partial charge in [-0.25, -0.2) is 9.50 Å². The number of carbonyl (C=O) groups is 1. The van der Waals surface area contributed by atoms with Crippen molar-refractivity contribution in [3.05, 3.63) is 41.2 Å². The Kier molecular flexibility index (Phi) is 3.91. The van der Waals surface area contributed by atoms with Crippen molar-refractivity contribution in [3.63, 3.8) is 0 Å². The van der Waals surface area contributed by atoms with Crippen molar-refractivity contribution in [2.75, 3.05) is 5.75 Å². The molecule has 0 saturated carbocycles. The number of ketones is 1. The second-order valence-electron chi connectivity index (χ2n) is 5.06. The van der Waals surface area contributed by atoms with Crippen LogP contribution in [0.3, 0.4) is 0 Å². The van der Waals surface area contributed by atoms with Crippen LogP contribution < -0.4 is 0 Å². The number of carbonyl (C=O) groups excluding carboxylic acids is 1. The molecule has 0 spiro atoms. The summed E-state index contributed by atoms with van der Waals surface area (Å²) in [4.78, 5) is 20.7. The number of nitrogens with zero attached hydrogens (tertiary/aromatic N) is 4. The topological polar surface area (TPSA) is 101 Å². The number of benzene rings is 1. The molecule has 0 aliphatic carbocycles. The number of thioether (sulfide) groups is 1. The van der Waals surface area contributed by atoms with Crippen LogP contribution in [0.2, 0.25) is 0 Å². The molecule has 0 saturated heterocycles. The standard InChI is InChI=1S/C15H14N4O3S/c1-8-5-9(2)19-14(16-8)17-15(18-19)23-7-13(22)11-4-3-10(20)6-12(11)21/h3-6,20-21H,7H2,1-2H3. The molecule has 23 heavy (non-hydrogen) atoms. The van der Waals surface area contributed by atoms with Crippen LogP contribution in [-0.4, -0.2) is 41.3 Å². The second-order valence-corrected chi connectivity index (χ2v) is 6.00. The van der Waals surface area contributed by atoms with E-state index in [9.17, 15) is 15.0 Å². The lowest BCUT2D eigenvalue weighted by atomic mass is 10.1. The summed E-state index contributed by atoms with van der Waals surface area (Å²) >= 11 is 1.17. The number of phenolic OH excluding ortho intramolecular Hbond substituents is 2. The van der Waals surface area contributed by atoms with Crippen LogP contribution in [0, 0.1) is 13.8 Å². The number of fused-ring (bicyclic) bond motifs is 1. The fourth-order valence-electron chi connectivity index (χ4n) is 2.17. The largest absolute Gasteiger partial charge is 0.508 e. The summed E-state index contributed by atoms with van der Waals surface area (Å²) in [6.07, 6.45) is 0. The number of hydrogen-bond donors (Lipinski definition) is 2. The Morgan fingerprint density at radius 1 is 1.22 bits per heavy atom. The summed E-state index contributed by atoms with van der Waals surface area (Å²) < 4.78 is 1.62. The van der Waals surface area contributed by atoms with Crippen molar-refractivity contribution >= 4 is 23.3 Å². The number of aryl methyl sites for hydroxylation is 2.